The summed E-state index contributed by atoms with van der Waals surface area (Å²) in [5.74, 6) is 0.999. The molecule has 0 bridgehead atoms. The molecule has 2 heterocycles. The number of hydrogen-bond acceptors (Lipinski definition) is 3. The molecule has 2 aliphatic rings. The van der Waals surface area contributed by atoms with Crippen molar-refractivity contribution < 1.29 is 0 Å². The summed E-state index contributed by atoms with van der Waals surface area (Å²) in [5.41, 5.74) is 0. The highest BCUT2D eigenvalue weighted by molar-refractivity contribution is 7.11. The van der Waals surface area contributed by atoms with Gasteiger partial charge in [-0.15, -0.1) is 11.3 Å². The van der Waals surface area contributed by atoms with Crippen LogP contribution in [0.15, 0.2) is 12.1 Å². The largest absolute Gasteiger partial charge is 0.312 e. The number of thiophene rings is 1. The molecule has 2 atom stereocenters. The molecule has 0 amide bonds. The second kappa shape index (κ2) is 7.06. The maximum atomic E-state index is 3.42. The summed E-state index contributed by atoms with van der Waals surface area (Å²) in [5, 5.41) is 3.42. The van der Waals surface area contributed by atoms with Crippen molar-refractivity contribution in [2.75, 3.05) is 13.1 Å². The zero-order valence-electron chi connectivity index (χ0n) is 12.7. The molecule has 1 aromatic heterocycles. The van der Waals surface area contributed by atoms with Crippen molar-refractivity contribution in [2.24, 2.45) is 5.92 Å². The SMILES string of the molecule is CCNCc1ccc(CN2CCCC3CCCCC32)s1. The van der Waals surface area contributed by atoms with Gasteiger partial charge in [0.2, 0.25) is 0 Å². The monoisotopic (exact) mass is 292 g/mol. The van der Waals surface area contributed by atoms with Gasteiger partial charge in [-0.3, -0.25) is 4.90 Å². The minimum Gasteiger partial charge on any atom is -0.312 e. The Morgan fingerprint density at radius 2 is 1.95 bits per heavy atom. The van der Waals surface area contributed by atoms with E-state index < -0.39 is 0 Å². The fourth-order valence-corrected chi connectivity index (χ4v) is 4.99. The van der Waals surface area contributed by atoms with Crippen molar-refractivity contribution in [3.8, 4) is 0 Å². The molecule has 2 nitrogen and oxygen atoms in total. The molecule has 1 saturated heterocycles. The molecule has 1 aliphatic heterocycles. The minimum absolute atomic E-state index is 0.886. The second-order valence-corrected chi connectivity index (χ2v) is 7.63. The molecule has 1 saturated carbocycles. The van der Waals surface area contributed by atoms with Gasteiger partial charge in [-0.1, -0.05) is 19.8 Å². The van der Waals surface area contributed by atoms with E-state index in [4.69, 9.17) is 0 Å². The average molecular weight is 292 g/mol. The lowest BCUT2D eigenvalue weighted by atomic mass is 9.78. The van der Waals surface area contributed by atoms with Gasteiger partial charge in [0.05, 0.1) is 0 Å². The van der Waals surface area contributed by atoms with Gasteiger partial charge in [-0.2, -0.15) is 0 Å². The lowest BCUT2D eigenvalue weighted by molar-refractivity contribution is 0.0555. The second-order valence-electron chi connectivity index (χ2n) is 6.37. The van der Waals surface area contributed by atoms with Crippen molar-refractivity contribution in [2.45, 2.75) is 64.6 Å². The molecule has 3 rings (SSSR count). The molecule has 1 N–H and O–H groups in total. The summed E-state index contributed by atoms with van der Waals surface area (Å²) in [4.78, 5) is 5.83. The molecule has 0 aromatic carbocycles. The van der Waals surface area contributed by atoms with Crippen LogP contribution in [0.4, 0.5) is 0 Å². The molecule has 0 radical (unpaired) electrons. The molecule has 2 fully saturated rings. The fourth-order valence-electron chi connectivity index (χ4n) is 3.97. The highest BCUT2D eigenvalue weighted by atomic mass is 32.1. The maximum Gasteiger partial charge on any atom is 0.0331 e. The van der Waals surface area contributed by atoms with Gasteiger partial charge < -0.3 is 5.32 Å². The number of piperidine rings is 1. The van der Waals surface area contributed by atoms with E-state index >= 15 is 0 Å². The lowest BCUT2D eigenvalue weighted by Crippen LogP contribution is -2.46. The van der Waals surface area contributed by atoms with Crippen LogP contribution in [0.3, 0.4) is 0 Å². The van der Waals surface area contributed by atoms with Crippen molar-refractivity contribution in [3.63, 3.8) is 0 Å². The molecule has 20 heavy (non-hydrogen) atoms. The van der Waals surface area contributed by atoms with E-state index in [2.05, 4.69) is 29.3 Å². The normalized spacial score (nSPS) is 27.4. The van der Waals surface area contributed by atoms with Crippen LogP contribution in [-0.4, -0.2) is 24.0 Å². The third-order valence-electron chi connectivity index (χ3n) is 4.98. The van der Waals surface area contributed by atoms with Crippen molar-refractivity contribution in [3.05, 3.63) is 21.9 Å². The fraction of sp³-hybridized carbons (Fsp3) is 0.765. The average Bonchev–Trinajstić information content (AvgIpc) is 2.93. The molecule has 3 heteroatoms. The number of hydrogen-bond donors (Lipinski definition) is 1. The zero-order valence-corrected chi connectivity index (χ0v) is 13.6. The first kappa shape index (κ1) is 14.6. The van der Waals surface area contributed by atoms with Crippen LogP contribution in [0.25, 0.3) is 0 Å². The Morgan fingerprint density at radius 3 is 2.85 bits per heavy atom. The van der Waals surface area contributed by atoms with E-state index in [-0.39, 0.29) is 0 Å². The molecule has 1 aliphatic carbocycles. The maximum absolute atomic E-state index is 3.42. The summed E-state index contributed by atoms with van der Waals surface area (Å²) in [6, 6.07) is 5.55. The number of fused-ring (bicyclic) bond motifs is 1. The first-order chi connectivity index (χ1) is 9.86. The summed E-state index contributed by atoms with van der Waals surface area (Å²) < 4.78 is 0. The standard InChI is InChI=1S/C17H28N2S/c1-2-18-12-15-9-10-16(20-15)13-19-11-5-7-14-6-3-4-8-17(14)19/h9-10,14,17-18H,2-8,11-13H2,1H3. The zero-order chi connectivity index (χ0) is 13.8. The Labute approximate surface area is 127 Å². The Bertz CT molecular complexity index is 413. The topological polar surface area (TPSA) is 15.3 Å². The molecule has 2 unspecified atom stereocenters. The summed E-state index contributed by atoms with van der Waals surface area (Å²) >= 11 is 2.00. The Balaban J connectivity index is 1.59. The van der Waals surface area contributed by atoms with Gasteiger partial charge in [0.15, 0.2) is 0 Å². The number of nitrogens with zero attached hydrogens (tertiary/aromatic N) is 1. The smallest absolute Gasteiger partial charge is 0.0331 e. The molecule has 0 spiro atoms. The summed E-state index contributed by atoms with van der Waals surface area (Å²) in [6.07, 6.45) is 8.75. The van der Waals surface area contributed by atoms with E-state index in [0.29, 0.717) is 0 Å². The van der Waals surface area contributed by atoms with E-state index in [9.17, 15) is 0 Å². The van der Waals surface area contributed by atoms with Crippen molar-refractivity contribution >= 4 is 11.3 Å². The molecule has 112 valence electrons. The van der Waals surface area contributed by atoms with Crippen LogP contribution < -0.4 is 5.32 Å². The van der Waals surface area contributed by atoms with E-state index in [1.54, 1.807) is 4.88 Å². The van der Waals surface area contributed by atoms with Gasteiger partial charge in [-0.25, -0.2) is 0 Å². The van der Waals surface area contributed by atoms with Crippen LogP contribution >= 0.6 is 11.3 Å². The molecular weight excluding hydrogens is 264 g/mol. The Hall–Kier alpha value is -0.380. The highest BCUT2D eigenvalue weighted by Gasteiger charge is 2.33. The first-order valence-corrected chi connectivity index (χ1v) is 9.21. The van der Waals surface area contributed by atoms with Crippen LogP contribution in [0.5, 0.6) is 0 Å². The summed E-state index contributed by atoms with van der Waals surface area (Å²) in [6.45, 7) is 6.78. The van der Waals surface area contributed by atoms with Gasteiger partial charge in [0, 0.05) is 28.9 Å². The van der Waals surface area contributed by atoms with Gasteiger partial charge in [-0.05, 0) is 56.8 Å². The lowest BCUT2D eigenvalue weighted by Gasteiger charge is -2.44. The van der Waals surface area contributed by atoms with Crippen LogP contribution in [-0.2, 0) is 13.1 Å². The predicted octanol–water partition coefficient (Wildman–Crippen LogP) is 4.01. The van der Waals surface area contributed by atoms with E-state index in [1.165, 1.54) is 56.5 Å². The van der Waals surface area contributed by atoms with Crippen LogP contribution in [0.1, 0.15) is 55.2 Å². The minimum atomic E-state index is 0.886. The predicted molar refractivity (Wildman–Crippen MR) is 87.1 cm³/mol. The first-order valence-electron chi connectivity index (χ1n) is 8.39. The third kappa shape index (κ3) is 3.44. The quantitative estimate of drug-likeness (QED) is 0.882. The van der Waals surface area contributed by atoms with Crippen molar-refractivity contribution in [1.29, 1.82) is 0 Å². The number of rotatable bonds is 5. The number of nitrogens with one attached hydrogen (secondary N) is 1. The van der Waals surface area contributed by atoms with Crippen LogP contribution in [0, 0.1) is 5.92 Å². The van der Waals surface area contributed by atoms with Gasteiger partial charge in [0.1, 0.15) is 0 Å². The number of likely N-dealkylation sites (tertiary alicyclic amines) is 1. The van der Waals surface area contributed by atoms with E-state index in [0.717, 1.165) is 25.0 Å². The summed E-state index contributed by atoms with van der Waals surface area (Å²) in [7, 11) is 0. The van der Waals surface area contributed by atoms with Crippen molar-refractivity contribution in [1.82, 2.24) is 10.2 Å². The molecular formula is C17H28N2S. The van der Waals surface area contributed by atoms with Gasteiger partial charge in [0.25, 0.3) is 0 Å². The Morgan fingerprint density at radius 1 is 1.15 bits per heavy atom. The highest BCUT2D eigenvalue weighted by Crippen LogP contribution is 2.36. The van der Waals surface area contributed by atoms with Crippen LogP contribution in [0.2, 0.25) is 0 Å². The Kier molecular flexibility index (Phi) is 5.14. The molecule has 1 aromatic rings. The van der Waals surface area contributed by atoms with E-state index in [1.807, 2.05) is 11.3 Å². The van der Waals surface area contributed by atoms with Gasteiger partial charge >= 0.3 is 0 Å². The third-order valence-corrected chi connectivity index (χ3v) is 6.05.